The summed E-state index contributed by atoms with van der Waals surface area (Å²) in [6.45, 7) is 4.15. The monoisotopic (exact) mass is 202 g/mol. The second-order valence-corrected chi connectivity index (χ2v) is 4.43. The molecular weight excluding hydrogens is 188 g/mol. The summed E-state index contributed by atoms with van der Waals surface area (Å²) in [6, 6.07) is 0. The van der Waals surface area contributed by atoms with Crippen LogP contribution in [0.15, 0.2) is 0 Å². The van der Waals surface area contributed by atoms with Gasteiger partial charge in [-0.25, -0.2) is 0 Å². The number of hydrogen-bond acceptors (Lipinski definition) is 5. The molecule has 0 aromatic heterocycles. The van der Waals surface area contributed by atoms with Gasteiger partial charge in [0.05, 0.1) is 6.61 Å². The Hall–Kier alpha value is -0.200. The van der Waals surface area contributed by atoms with E-state index < -0.39 is 18.2 Å². The van der Waals surface area contributed by atoms with E-state index in [9.17, 15) is 5.11 Å². The SMILES string of the molecule is CC1(C)O[C@@H]2[C@@H](O)[C@H]3OC[C@@H](O3)[C@H]2O1. The van der Waals surface area contributed by atoms with Crippen LogP contribution in [0, 0.1) is 0 Å². The van der Waals surface area contributed by atoms with Crippen LogP contribution >= 0.6 is 0 Å². The van der Waals surface area contributed by atoms with E-state index in [0.717, 1.165) is 0 Å². The van der Waals surface area contributed by atoms with Crippen molar-refractivity contribution < 1.29 is 24.1 Å². The molecule has 0 aromatic carbocycles. The van der Waals surface area contributed by atoms with Crippen molar-refractivity contribution in [2.75, 3.05) is 6.61 Å². The third-order valence-corrected chi connectivity index (χ3v) is 2.88. The van der Waals surface area contributed by atoms with Crippen molar-refractivity contribution >= 4 is 0 Å². The molecule has 80 valence electrons. The Morgan fingerprint density at radius 2 is 1.93 bits per heavy atom. The summed E-state index contributed by atoms with van der Waals surface area (Å²) in [5, 5.41) is 9.84. The van der Waals surface area contributed by atoms with Gasteiger partial charge < -0.3 is 24.1 Å². The van der Waals surface area contributed by atoms with Crippen molar-refractivity contribution in [3.8, 4) is 0 Å². The normalized spacial score (nSPS) is 54.6. The van der Waals surface area contributed by atoms with Gasteiger partial charge in [0.15, 0.2) is 12.1 Å². The van der Waals surface area contributed by atoms with Gasteiger partial charge in [-0.3, -0.25) is 0 Å². The molecule has 5 atom stereocenters. The highest BCUT2D eigenvalue weighted by molar-refractivity contribution is 4.99. The predicted octanol–water partition coefficient (Wildman–Crippen LogP) is -0.378. The topological polar surface area (TPSA) is 57.2 Å². The zero-order chi connectivity index (χ0) is 9.92. The number of rotatable bonds is 0. The largest absolute Gasteiger partial charge is 0.385 e. The number of fused-ring (bicyclic) bond motifs is 4. The lowest BCUT2D eigenvalue weighted by molar-refractivity contribution is -0.204. The molecule has 0 unspecified atom stereocenters. The molecule has 3 rings (SSSR count). The molecule has 0 amide bonds. The van der Waals surface area contributed by atoms with Crippen LogP contribution in [0.5, 0.6) is 0 Å². The van der Waals surface area contributed by atoms with E-state index in [4.69, 9.17) is 18.9 Å². The van der Waals surface area contributed by atoms with Crippen LogP contribution in [-0.2, 0) is 18.9 Å². The van der Waals surface area contributed by atoms with E-state index >= 15 is 0 Å². The fraction of sp³-hybridized carbons (Fsp3) is 1.00. The summed E-state index contributed by atoms with van der Waals surface area (Å²) >= 11 is 0. The molecule has 5 nitrogen and oxygen atoms in total. The first-order chi connectivity index (χ1) is 6.57. The molecule has 14 heavy (non-hydrogen) atoms. The maximum Gasteiger partial charge on any atom is 0.186 e. The number of aliphatic hydroxyl groups is 1. The molecule has 0 aliphatic carbocycles. The predicted molar refractivity (Wildman–Crippen MR) is 44.4 cm³/mol. The van der Waals surface area contributed by atoms with Crippen molar-refractivity contribution in [2.45, 2.75) is 50.3 Å². The standard InChI is InChI=1S/C9H14O5/c1-9(2)13-6-4-3-11-8(12-4)5(10)7(6)14-9/h4-8,10H,3H2,1-2H3/t4-,5-,6-,7-,8+/m1/s1. The molecule has 0 aromatic rings. The van der Waals surface area contributed by atoms with E-state index in [-0.39, 0.29) is 18.3 Å². The molecule has 3 aliphatic rings. The summed E-state index contributed by atoms with van der Waals surface area (Å²) in [5.41, 5.74) is 0. The van der Waals surface area contributed by atoms with Gasteiger partial charge in [-0.05, 0) is 13.8 Å². The summed E-state index contributed by atoms with van der Waals surface area (Å²) in [6.07, 6.45) is -1.93. The van der Waals surface area contributed by atoms with Crippen molar-refractivity contribution in [1.29, 1.82) is 0 Å². The molecule has 3 aliphatic heterocycles. The molecule has 0 saturated carbocycles. The van der Waals surface area contributed by atoms with Gasteiger partial charge in [-0.1, -0.05) is 0 Å². The third kappa shape index (κ3) is 1.14. The maximum atomic E-state index is 9.84. The second kappa shape index (κ2) is 2.68. The summed E-state index contributed by atoms with van der Waals surface area (Å²) in [4.78, 5) is 0. The number of ether oxygens (including phenoxy) is 4. The second-order valence-electron chi connectivity index (χ2n) is 4.43. The molecule has 0 spiro atoms. The van der Waals surface area contributed by atoms with E-state index in [1.54, 1.807) is 0 Å². The Labute approximate surface area is 81.9 Å². The highest BCUT2D eigenvalue weighted by atomic mass is 16.8. The zero-order valence-electron chi connectivity index (χ0n) is 8.17. The van der Waals surface area contributed by atoms with Gasteiger partial charge >= 0.3 is 0 Å². The van der Waals surface area contributed by atoms with Crippen LogP contribution in [0.2, 0.25) is 0 Å². The average molecular weight is 202 g/mol. The average Bonchev–Trinajstić information content (AvgIpc) is 2.64. The minimum Gasteiger partial charge on any atom is -0.385 e. The lowest BCUT2D eigenvalue weighted by Crippen LogP contribution is -2.52. The highest BCUT2D eigenvalue weighted by Gasteiger charge is 2.57. The van der Waals surface area contributed by atoms with Crippen LogP contribution in [-0.4, -0.2) is 48.2 Å². The van der Waals surface area contributed by atoms with Crippen molar-refractivity contribution in [3.63, 3.8) is 0 Å². The quantitative estimate of drug-likeness (QED) is 0.580. The van der Waals surface area contributed by atoms with Gasteiger partial charge in [0.2, 0.25) is 0 Å². The summed E-state index contributed by atoms with van der Waals surface area (Å²) in [7, 11) is 0. The molecule has 1 N–H and O–H groups in total. The fourth-order valence-electron chi connectivity index (χ4n) is 2.32. The summed E-state index contributed by atoms with van der Waals surface area (Å²) < 4.78 is 22.0. The molecule has 3 saturated heterocycles. The first-order valence-corrected chi connectivity index (χ1v) is 4.88. The number of aliphatic hydroxyl groups excluding tert-OH is 1. The van der Waals surface area contributed by atoms with Crippen molar-refractivity contribution in [1.82, 2.24) is 0 Å². The molecule has 3 heterocycles. The maximum absolute atomic E-state index is 9.84. The molecular formula is C9H14O5. The van der Waals surface area contributed by atoms with Gasteiger partial charge in [0.25, 0.3) is 0 Å². The lowest BCUT2D eigenvalue weighted by Gasteiger charge is -2.31. The van der Waals surface area contributed by atoms with Crippen LogP contribution < -0.4 is 0 Å². The Kier molecular flexibility index (Phi) is 1.73. The molecule has 0 radical (unpaired) electrons. The van der Waals surface area contributed by atoms with Gasteiger partial charge in [0, 0.05) is 0 Å². The van der Waals surface area contributed by atoms with Crippen LogP contribution in [0.3, 0.4) is 0 Å². The molecule has 2 bridgehead atoms. The Bertz CT molecular complexity index is 246. The van der Waals surface area contributed by atoms with Crippen LogP contribution in [0.4, 0.5) is 0 Å². The minimum absolute atomic E-state index is 0.102. The Morgan fingerprint density at radius 1 is 1.21 bits per heavy atom. The van der Waals surface area contributed by atoms with Gasteiger partial charge in [-0.15, -0.1) is 0 Å². The molecule has 5 heteroatoms. The Morgan fingerprint density at radius 3 is 2.71 bits per heavy atom. The van der Waals surface area contributed by atoms with E-state index in [1.165, 1.54) is 0 Å². The fourth-order valence-corrected chi connectivity index (χ4v) is 2.32. The van der Waals surface area contributed by atoms with E-state index in [1.807, 2.05) is 13.8 Å². The first kappa shape index (κ1) is 9.06. The highest BCUT2D eigenvalue weighted by Crippen LogP contribution is 2.40. The van der Waals surface area contributed by atoms with E-state index in [2.05, 4.69) is 0 Å². The van der Waals surface area contributed by atoms with Gasteiger partial charge in [0.1, 0.15) is 24.4 Å². The molecule has 3 fully saturated rings. The Balaban J connectivity index is 1.88. The van der Waals surface area contributed by atoms with Crippen molar-refractivity contribution in [2.24, 2.45) is 0 Å². The number of hydrogen-bond donors (Lipinski definition) is 1. The van der Waals surface area contributed by atoms with Crippen LogP contribution in [0.1, 0.15) is 13.8 Å². The minimum atomic E-state index is -0.750. The van der Waals surface area contributed by atoms with Gasteiger partial charge in [-0.2, -0.15) is 0 Å². The smallest absolute Gasteiger partial charge is 0.186 e. The first-order valence-electron chi connectivity index (χ1n) is 4.88. The lowest BCUT2D eigenvalue weighted by atomic mass is 10.0. The van der Waals surface area contributed by atoms with E-state index in [0.29, 0.717) is 6.61 Å². The summed E-state index contributed by atoms with van der Waals surface area (Å²) in [5.74, 6) is -0.635. The third-order valence-electron chi connectivity index (χ3n) is 2.88. The van der Waals surface area contributed by atoms with Crippen LogP contribution in [0.25, 0.3) is 0 Å². The zero-order valence-corrected chi connectivity index (χ0v) is 8.17. The van der Waals surface area contributed by atoms with Crippen molar-refractivity contribution in [3.05, 3.63) is 0 Å².